The summed E-state index contributed by atoms with van der Waals surface area (Å²) in [6.45, 7) is 4.57. The Balaban J connectivity index is 1.68. The Bertz CT molecular complexity index is 789. The lowest BCUT2D eigenvalue weighted by molar-refractivity contribution is -0.168. The molecule has 0 spiro atoms. The molecule has 0 aliphatic carbocycles. The molecule has 1 aromatic carbocycles. The van der Waals surface area contributed by atoms with Crippen LogP contribution in [-0.2, 0) is 27.2 Å². The highest BCUT2D eigenvalue weighted by molar-refractivity contribution is 7.11. The average molecular weight is 406 g/mol. The predicted molar refractivity (Wildman–Crippen MR) is 109 cm³/mol. The number of ether oxygens (including phenoxy) is 2. The number of hydrogen-bond donors (Lipinski definition) is 2. The third-order valence-corrected chi connectivity index (χ3v) is 5.57. The summed E-state index contributed by atoms with van der Waals surface area (Å²) in [5.74, 6) is -2.17. The van der Waals surface area contributed by atoms with Gasteiger partial charge in [0.1, 0.15) is 5.75 Å². The molecule has 2 atom stereocenters. The quantitative estimate of drug-likeness (QED) is 0.271. The van der Waals surface area contributed by atoms with Crippen molar-refractivity contribution in [3.05, 3.63) is 51.7 Å². The van der Waals surface area contributed by atoms with Crippen LogP contribution in [0.5, 0.6) is 5.75 Å². The van der Waals surface area contributed by atoms with Gasteiger partial charge in [-0.1, -0.05) is 19.1 Å². The lowest BCUT2D eigenvalue weighted by Gasteiger charge is -2.18. The third-order valence-electron chi connectivity index (χ3n) is 4.37. The van der Waals surface area contributed by atoms with Crippen molar-refractivity contribution in [3.63, 3.8) is 0 Å². The van der Waals surface area contributed by atoms with E-state index in [0.29, 0.717) is 13.0 Å². The maximum absolute atomic E-state index is 11.1. The van der Waals surface area contributed by atoms with Crippen LogP contribution in [-0.4, -0.2) is 29.9 Å². The van der Waals surface area contributed by atoms with Gasteiger partial charge in [-0.2, -0.15) is 0 Å². The standard InChI is InChI=1S/C21H27NO5S/c1-14-5-3-6-16(13-14)26-12-4-7-17-10-11-18(28-17)9-8-15(2)19(22)27-21(25)20(23)24/h3,5-6,10-11,13,15,19H,4,7-9,12,22H2,1-2H3,(H,23,24)/t15-,19?/m1/s1. The first-order valence-corrected chi connectivity index (χ1v) is 10.1. The van der Waals surface area contributed by atoms with Crippen molar-refractivity contribution in [3.8, 4) is 5.75 Å². The maximum Gasteiger partial charge on any atom is 0.418 e. The van der Waals surface area contributed by atoms with Crippen LogP contribution in [0.15, 0.2) is 36.4 Å². The van der Waals surface area contributed by atoms with E-state index in [0.717, 1.165) is 25.0 Å². The van der Waals surface area contributed by atoms with Crippen molar-refractivity contribution < 1.29 is 24.2 Å². The molecule has 0 fully saturated rings. The molecule has 0 saturated carbocycles. The fourth-order valence-electron chi connectivity index (χ4n) is 2.66. The van der Waals surface area contributed by atoms with E-state index >= 15 is 0 Å². The first-order valence-electron chi connectivity index (χ1n) is 9.31. The van der Waals surface area contributed by atoms with Gasteiger partial charge in [-0.3, -0.25) is 5.73 Å². The van der Waals surface area contributed by atoms with Gasteiger partial charge < -0.3 is 14.6 Å². The van der Waals surface area contributed by atoms with Gasteiger partial charge in [0.15, 0.2) is 6.23 Å². The summed E-state index contributed by atoms with van der Waals surface area (Å²) in [6, 6.07) is 12.3. The monoisotopic (exact) mass is 405 g/mol. The van der Waals surface area contributed by atoms with Crippen molar-refractivity contribution in [1.29, 1.82) is 0 Å². The Kier molecular flexibility index (Phi) is 8.47. The van der Waals surface area contributed by atoms with E-state index < -0.39 is 18.2 Å². The number of carbonyl (C=O) groups is 2. The highest BCUT2D eigenvalue weighted by Crippen LogP contribution is 2.22. The first kappa shape index (κ1) is 21.9. The number of rotatable bonds is 10. The highest BCUT2D eigenvalue weighted by Gasteiger charge is 2.21. The molecular formula is C21H27NO5S. The number of hydrogen-bond acceptors (Lipinski definition) is 6. The molecule has 0 amide bonds. The lowest BCUT2D eigenvalue weighted by atomic mass is 10.0. The number of carboxylic acids is 1. The van der Waals surface area contributed by atoms with E-state index in [9.17, 15) is 9.59 Å². The molecular weight excluding hydrogens is 378 g/mol. The predicted octanol–water partition coefficient (Wildman–Crippen LogP) is 3.55. The number of nitrogens with two attached hydrogens (primary N) is 1. The normalized spacial score (nSPS) is 13.0. The van der Waals surface area contributed by atoms with E-state index in [1.54, 1.807) is 11.3 Å². The SMILES string of the molecule is Cc1cccc(OCCCc2ccc(CC[C@@H](C)C(N)OC(=O)C(=O)O)s2)c1. The number of aliphatic carboxylic acids is 1. The van der Waals surface area contributed by atoms with Crippen LogP contribution in [0.1, 0.15) is 35.1 Å². The van der Waals surface area contributed by atoms with Gasteiger partial charge in [0.05, 0.1) is 6.61 Å². The van der Waals surface area contributed by atoms with E-state index in [2.05, 4.69) is 12.1 Å². The molecule has 3 N–H and O–H groups in total. The topological polar surface area (TPSA) is 98.9 Å². The van der Waals surface area contributed by atoms with Gasteiger partial charge in [0.2, 0.25) is 0 Å². The largest absolute Gasteiger partial charge is 0.494 e. The molecule has 6 nitrogen and oxygen atoms in total. The minimum Gasteiger partial charge on any atom is -0.494 e. The van der Waals surface area contributed by atoms with Crippen LogP contribution < -0.4 is 10.5 Å². The van der Waals surface area contributed by atoms with Crippen molar-refractivity contribution in [1.82, 2.24) is 0 Å². The van der Waals surface area contributed by atoms with Gasteiger partial charge >= 0.3 is 11.9 Å². The zero-order chi connectivity index (χ0) is 20.5. The molecule has 0 aliphatic heterocycles. The third kappa shape index (κ3) is 7.32. The van der Waals surface area contributed by atoms with Crippen LogP contribution in [0.25, 0.3) is 0 Å². The Morgan fingerprint density at radius 3 is 2.57 bits per heavy atom. The summed E-state index contributed by atoms with van der Waals surface area (Å²) in [5.41, 5.74) is 6.93. The number of aryl methyl sites for hydroxylation is 3. The average Bonchev–Trinajstić information content (AvgIpc) is 3.11. The Hall–Kier alpha value is -2.38. The number of thiophene rings is 1. The molecule has 0 bridgehead atoms. The fraction of sp³-hybridized carbons (Fsp3) is 0.429. The van der Waals surface area contributed by atoms with Crippen molar-refractivity contribution in [2.45, 2.75) is 45.8 Å². The Labute approximate surface area is 169 Å². The summed E-state index contributed by atoms with van der Waals surface area (Å²) in [7, 11) is 0. The first-order chi connectivity index (χ1) is 13.3. The Morgan fingerprint density at radius 2 is 1.89 bits per heavy atom. The van der Waals surface area contributed by atoms with E-state index in [4.69, 9.17) is 20.3 Å². The van der Waals surface area contributed by atoms with E-state index in [1.807, 2.05) is 38.1 Å². The van der Waals surface area contributed by atoms with Gasteiger partial charge in [-0.25, -0.2) is 9.59 Å². The van der Waals surface area contributed by atoms with Crippen LogP contribution in [0, 0.1) is 12.8 Å². The highest BCUT2D eigenvalue weighted by atomic mass is 32.1. The van der Waals surface area contributed by atoms with Gasteiger partial charge in [-0.05, 0) is 62.4 Å². The lowest BCUT2D eigenvalue weighted by Crippen LogP contribution is -2.36. The van der Waals surface area contributed by atoms with Crippen LogP contribution >= 0.6 is 11.3 Å². The number of carboxylic acid groups (broad SMARTS) is 1. The zero-order valence-corrected chi connectivity index (χ0v) is 17.0. The summed E-state index contributed by atoms with van der Waals surface area (Å²) >= 11 is 1.76. The Morgan fingerprint density at radius 1 is 1.18 bits per heavy atom. The zero-order valence-electron chi connectivity index (χ0n) is 16.2. The van der Waals surface area contributed by atoms with E-state index in [-0.39, 0.29) is 5.92 Å². The molecule has 2 rings (SSSR count). The van der Waals surface area contributed by atoms with Crippen molar-refractivity contribution >= 4 is 23.3 Å². The molecule has 0 radical (unpaired) electrons. The second kappa shape index (κ2) is 10.8. The molecule has 0 saturated heterocycles. The number of benzene rings is 1. The second-order valence-electron chi connectivity index (χ2n) is 6.83. The molecule has 28 heavy (non-hydrogen) atoms. The smallest absolute Gasteiger partial charge is 0.418 e. The van der Waals surface area contributed by atoms with Gasteiger partial charge in [-0.15, -0.1) is 11.3 Å². The molecule has 1 unspecified atom stereocenters. The minimum atomic E-state index is -1.63. The molecule has 0 aliphatic rings. The van der Waals surface area contributed by atoms with Crippen LogP contribution in [0.4, 0.5) is 0 Å². The summed E-state index contributed by atoms with van der Waals surface area (Å²) in [4.78, 5) is 24.1. The summed E-state index contributed by atoms with van der Waals surface area (Å²) < 4.78 is 10.5. The second-order valence-corrected chi connectivity index (χ2v) is 8.08. The maximum atomic E-state index is 11.1. The summed E-state index contributed by atoms with van der Waals surface area (Å²) in [5, 5.41) is 8.55. The molecule has 1 aromatic heterocycles. The molecule has 7 heteroatoms. The van der Waals surface area contributed by atoms with Crippen molar-refractivity contribution in [2.24, 2.45) is 11.7 Å². The van der Waals surface area contributed by atoms with Crippen molar-refractivity contribution in [2.75, 3.05) is 6.61 Å². The molecule has 2 aromatic rings. The number of carbonyl (C=O) groups excluding carboxylic acids is 1. The summed E-state index contributed by atoms with van der Waals surface area (Å²) in [6.07, 6.45) is 2.51. The molecule has 152 valence electrons. The fourth-order valence-corrected chi connectivity index (χ4v) is 3.73. The number of esters is 1. The van der Waals surface area contributed by atoms with Gasteiger partial charge in [0.25, 0.3) is 0 Å². The van der Waals surface area contributed by atoms with Crippen LogP contribution in [0.2, 0.25) is 0 Å². The van der Waals surface area contributed by atoms with Gasteiger partial charge in [0, 0.05) is 15.7 Å². The minimum absolute atomic E-state index is 0.128. The molecule has 1 heterocycles. The van der Waals surface area contributed by atoms with Crippen LogP contribution in [0.3, 0.4) is 0 Å². The van der Waals surface area contributed by atoms with E-state index in [1.165, 1.54) is 15.3 Å².